The molecule has 1 aromatic carbocycles. The van der Waals surface area contributed by atoms with Crippen LogP contribution in [0, 0.1) is 6.92 Å². The Bertz CT molecular complexity index is 407. The topological polar surface area (TPSA) is 32.3 Å². The van der Waals surface area contributed by atoms with Gasteiger partial charge in [0.2, 0.25) is 5.91 Å². The van der Waals surface area contributed by atoms with Crippen LogP contribution in [-0.2, 0) is 4.79 Å². The molecular weight excluding hydrogens is 224 g/mol. The Kier molecular flexibility index (Phi) is 4.91. The normalized spacial score (nSPS) is 11.4. The maximum Gasteiger partial charge on any atom is 0.227 e. The average Bonchev–Trinajstić information content (AvgIpc) is 2.26. The molecule has 3 heteroatoms. The minimum atomic E-state index is 0.0577. The Labute approximate surface area is 110 Å². The predicted octanol–water partition coefficient (Wildman–Crippen LogP) is 2.74. The summed E-state index contributed by atoms with van der Waals surface area (Å²) >= 11 is 0. The first-order valence-electron chi connectivity index (χ1n) is 6.38. The van der Waals surface area contributed by atoms with Crippen molar-refractivity contribution in [2.45, 2.75) is 39.7 Å². The van der Waals surface area contributed by atoms with Gasteiger partial charge in [0.1, 0.15) is 0 Å². The number of nitrogens with zero attached hydrogens (tertiary/aromatic N) is 1. The SMILES string of the molecule is Cc1cccc(N(C)C(=O)CCNC(C)(C)C)c1. The van der Waals surface area contributed by atoms with Crippen LogP contribution >= 0.6 is 0 Å². The van der Waals surface area contributed by atoms with Crippen LogP contribution in [-0.4, -0.2) is 25.0 Å². The van der Waals surface area contributed by atoms with Gasteiger partial charge in [0.25, 0.3) is 0 Å². The molecule has 1 rings (SSSR count). The summed E-state index contributed by atoms with van der Waals surface area (Å²) in [5, 5.41) is 3.32. The van der Waals surface area contributed by atoms with E-state index in [0.29, 0.717) is 13.0 Å². The molecule has 0 atom stereocenters. The van der Waals surface area contributed by atoms with E-state index in [1.807, 2.05) is 38.2 Å². The minimum Gasteiger partial charge on any atom is -0.315 e. The van der Waals surface area contributed by atoms with Crippen molar-refractivity contribution in [2.75, 3.05) is 18.5 Å². The van der Waals surface area contributed by atoms with E-state index in [4.69, 9.17) is 0 Å². The maximum absolute atomic E-state index is 12.0. The number of carbonyl (C=O) groups excluding carboxylic acids is 1. The molecule has 3 nitrogen and oxygen atoms in total. The van der Waals surface area contributed by atoms with Crippen LogP contribution in [0.3, 0.4) is 0 Å². The fourth-order valence-corrected chi connectivity index (χ4v) is 1.69. The number of aryl methyl sites for hydroxylation is 1. The number of nitrogens with one attached hydrogen (secondary N) is 1. The van der Waals surface area contributed by atoms with Crippen LogP contribution in [0.15, 0.2) is 24.3 Å². The summed E-state index contributed by atoms with van der Waals surface area (Å²) in [6, 6.07) is 7.99. The second kappa shape index (κ2) is 6.01. The monoisotopic (exact) mass is 248 g/mol. The highest BCUT2D eigenvalue weighted by molar-refractivity contribution is 5.92. The van der Waals surface area contributed by atoms with E-state index < -0.39 is 0 Å². The molecule has 18 heavy (non-hydrogen) atoms. The zero-order chi connectivity index (χ0) is 13.8. The van der Waals surface area contributed by atoms with Crippen LogP contribution in [0.2, 0.25) is 0 Å². The molecule has 1 aromatic rings. The third-order valence-corrected chi connectivity index (χ3v) is 2.76. The maximum atomic E-state index is 12.0. The number of amides is 1. The van der Waals surface area contributed by atoms with Gasteiger partial charge in [-0.3, -0.25) is 4.79 Å². The molecule has 100 valence electrons. The van der Waals surface area contributed by atoms with Crippen molar-refractivity contribution in [3.05, 3.63) is 29.8 Å². The molecule has 0 fully saturated rings. The summed E-state index contributed by atoms with van der Waals surface area (Å²) in [6.45, 7) is 9.03. The summed E-state index contributed by atoms with van der Waals surface area (Å²) < 4.78 is 0. The lowest BCUT2D eigenvalue weighted by atomic mass is 10.1. The molecule has 0 aromatic heterocycles. The Hall–Kier alpha value is -1.35. The van der Waals surface area contributed by atoms with E-state index in [1.165, 1.54) is 5.56 Å². The minimum absolute atomic E-state index is 0.0577. The van der Waals surface area contributed by atoms with Crippen LogP contribution < -0.4 is 10.2 Å². The number of carbonyl (C=O) groups is 1. The third-order valence-electron chi connectivity index (χ3n) is 2.76. The lowest BCUT2D eigenvalue weighted by Crippen LogP contribution is -2.38. The summed E-state index contributed by atoms with van der Waals surface area (Å²) in [7, 11) is 1.83. The molecule has 0 bridgehead atoms. The first kappa shape index (κ1) is 14.7. The molecular formula is C15H24N2O. The smallest absolute Gasteiger partial charge is 0.227 e. The molecule has 0 spiro atoms. The van der Waals surface area contributed by atoms with Crippen molar-refractivity contribution < 1.29 is 4.79 Å². The molecule has 0 radical (unpaired) electrons. The number of hydrogen-bond acceptors (Lipinski definition) is 2. The highest BCUT2D eigenvalue weighted by Gasteiger charge is 2.13. The zero-order valence-electron chi connectivity index (χ0n) is 12.1. The van der Waals surface area contributed by atoms with E-state index in [0.717, 1.165) is 5.69 Å². The van der Waals surface area contributed by atoms with Gasteiger partial charge in [-0.25, -0.2) is 0 Å². The van der Waals surface area contributed by atoms with Gasteiger partial charge in [-0.1, -0.05) is 12.1 Å². The lowest BCUT2D eigenvalue weighted by molar-refractivity contribution is -0.118. The average molecular weight is 248 g/mol. The van der Waals surface area contributed by atoms with Crippen LogP contribution in [0.5, 0.6) is 0 Å². The Morgan fingerprint density at radius 3 is 2.56 bits per heavy atom. The fourth-order valence-electron chi connectivity index (χ4n) is 1.69. The van der Waals surface area contributed by atoms with Gasteiger partial charge in [-0.2, -0.15) is 0 Å². The van der Waals surface area contributed by atoms with Crippen LogP contribution in [0.4, 0.5) is 5.69 Å². The standard InChI is InChI=1S/C15H24N2O/c1-12-7-6-8-13(11-12)17(5)14(18)9-10-16-15(2,3)4/h6-8,11,16H,9-10H2,1-5H3. The molecule has 1 N–H and O–H groups in total. The summed E-state index contributed by atoms with van der Waals surface area (Å²) in [4.78, 5) is 13.7. The quantitative estimate of drug-likeness (QED) is 0.888. The second-order valence-electron chi connectivity index (χ2n) is 5.72. The summed E-state index contributed by atoms with van der Waals surface area (Å²) in [6.07, 6.45) is 0.516. The van der Waals surface area contributed by atoms with Gasteiger partial charge in [0.05, 0.1) is 0 Å². The van der Waals surface area contributed by atoms with Gasteiger partial charge >= 0.3 is 0 Å². The zero-order valence-corrected chi connectivity index (χ0v) is 12.1. The van der Waals surface area contributed by atoms with Crippen molar-refractivity contribution in [1.29, 1.82) is 0 Å². The molecule has 0 aliphatic carbocycles. The Morgan fingerprint density at radius 2 is 2.00 bits per heavy atom. The lowest BCUT2D eigenvalue weighted by Gasteiger charge is -2.22. The van der Waals surface area contributed by atoms with E-state index >= 15 is 0 Å². The molecule has 0 saturated carbocycles. The van der Waals surface area contributed by atoms with Crippen molar-refractivity contribution in [3.63, 3.8) is 0 Å². The number of rotatable bonds is 4. The van der Waals surface area contributed by atoms with Crippen molar-refractivity contribution in [2.24, 2.45) is 0 Å². The highest BCUT2D eigenvalue weighted by Crippen LogP contribution is 2.15. The summed E-state index contributed by atoms with van der Waals surface area (Å²) in [5.74, 6) is 0.136. The number of benzene rings is 1. The molecule has 0 unspecified atom stereocenters. The molecule has 0 aliphatic rings. The van der Waals surface area contributed by atoms with E-state index in [-0.39, 0.29) is 11.4 Å². The second-order valence-corrected chi connectivity index (χ2v) is 5.72. The van der Waals surface area contributed by atoms with E-state index in [1.54, 1.807) is 4.90 Å². The van der Waals surface area contributed by atoms with Gasteiger partial charge in [-0.15, -0.1) is 0 Å². The summed E-state index contributed by atoms with van der Waals surface area (Å²) in [5.41, 5.74) is 2.18. The Morgan fingerprint density at radius 1 is 1.33 bits per heavy atom. The molecule has 0 heterocycles. The van der Waals surface area contributed by atoms with E-state index in [2.05, 4.69) is 26.1 Å². The van der Waals surface area contributed by atoms with Crippen LogP contribution in [0.1, 0.15) is 32.8 Å². The predicted molar refractivity (Wildman–Crippen MR) is 77.0 cm³/mol. The van der Waals surface area contributed by atoms with Gasteiger partial charge < -0.3 is 10.2 Å². The van der Waals surface area contributed by atoms with Crippen molar-refractivity contribution in [1.82, 2.24) is 5.32 Å². The first-order chi connectivity index (χ1) is 8.29. The number of hydrogen-bond donors (Lipinski definition) is 1. The van der Waals surface area contributed by atoms with Crippen molar-refractivity contribution in [3.8, 4) is 0 Å². The highest BCUT2D eigenvalue weighted by atomic mass is 16.2. The fraction of sp³-hybridized carbons (Fsp3) is 0.533. The van der Waals surface area contributed by atoms with Gasteiger partial charge in [-0.05, 0) is 45.4 Å². The Balaban J connectivity index is 2.52. The molecule has 0 aliphatic heterocycles. The molecule has 1 amide bonds. The van der Waals surface area contributed by atoms with Gasteiger partial charge in [0.15, 0.2) is 0 Å². The van der Waals surface area contributed by atoms with Gasteiger partial charge in [0, 0.05) is 31.2 Å². The third kappa shape index (κ3) is 4.88. The largest absolute Gasteiger partial charge is 0.315 e. The first-order valence-corrected chi connectivity index (χ1v) is 6.38. The van der Waals surface area contributed by atoms with Crippen LogP contribution in [0.25, 0.3) is 0 Å². The van der Waals surface area contributed by atoms with Crippen molar-refractivity contribution >= 4 is 11.6 Å². The molecule has 0 saturated heterocycles. The number of anilines is 1. The van der Waals surface area contributed by atoms with E-state index in [9.17, 15) is 4.79 Å².